The molecule has 186 valence electrons. The molecular formula is C31H41N3O. The van der Waals surface area contributed by atoms with Crippen molar-refractivity contribution in [2.75, 3.05) is 31.5 Å². The number of likely N-dealkylation sites (tertiary alicyclic amines) is 1. The lowest BCUT2D eigenvalue weighted by Crippen LogP contribution is -2.55. The number of nitrogens with one attached hydrogen (secondary N) is 2. The minimum atomic E-state index is -0.0846. The molecule has 3 fully saturated rings. The summed E-state index contributed by atoms with van der Waals surface area (Å²) in [4.78, 5) is 16.9. The standard InChI is InChI=1S/C31H41N3O/c1-22-12-13-26-28(18-22)33-16-15-31(26)21-32-20-27(31)30(35)34-17-14-25(23-8-4-2-5-9-23)19-29(34)24-10-6-3-7-11-24/h2,4-5,8-9,12-13,18,24-25,27,29,32-33H,3,6-7,10-11,14-17,19-21H2,1H3/t25-,27+,29+,31+/m1/s1. The van der Waals surface area contributed by atoms with Gasteiger partial charge in [-0.25, -0.2) is 0 Å². The fourth-order valence-corrected chi connectivity index (χ4v) is 7.89. The number of fused-ring (bicyclic) bond motifs is 2. The molecular weight excluding hydrogens is 430 g/mol. The molecule has 2 saturated heterocycles. The number of aryl methyl sites for hydroxylation is 1. The van der Waals surface area contributed by atoms with E-state index in [1.807, 2.05) is 0 Å². The van der Waals surface area contributed by atoms with Crippen molar-refractivity contribution in [3.05, 3.63) is 65.2 Å². The summed E-state index contributed by atoms with van der Waals surface area (Å²) in [6.07, 6.45) is 9.83. The Bertz CT molecular complexity index is 1050. The monoisotopic (exact) mass is 471 g/mol. The molecule has 3 heterocycles. The Labute approximate surface area is 210 Å². The quantitative estimate of drug-likeness (QED) is 0.610. The number of benzene rings is 2. The van der Waals surface area contributed by atoms with Crippen LogP contribution < -0.4 is 10.6 Å². The maximum absolute atomic E-state index is 14.5. The van der Waals surface area contributed by atoms with Gasteiger partial charge in [-0.15, -0.1) is 0 Å². The van der Waals surface area contributed by atoms with Crippen LogP contribution in [-0.2, 0) is 10.2 Å². The van der Waals surface area contributed by atoms with E-state index in [4.69, 9.17) is 0 Å². The van der Waals surface area contributed by atoms with Crippen LogP contribution in [0.1, 0.15) is 74.0 Å². The second kappa shape index (κ2) is 9.61. The minimum Gasteiger partial charge on any atom is -0.385 e. The Balaban J connectivity index is 1.30. The fraction of sp³-hybridized carbons (Fsp3) is 0.581. The Morgan fingerprint density at radius 3 is 2.69 bits per heavy atom. The number of hydrogen-bond donors (Lipinski definition) is 2. The van der Waals surface area contributed by atoms with Crippen LogP contribution in [0, 0.1) is 18.8 Å². The highest BCUT2D eigenvalue weighted by molar-refractivity contribution is 5.83. The van der Waals surface area contributed by atoms with E-state index < -0.39 is 0 Å². The molecule has 3 aliphatic heterocycles. The molecule has 4 atom stereocenters. The van der Waals surface area contributed by atoms with Gasteiger partial charge < -0.3 is 15.5 Å². The molecule has 1 spiro atoms. The third-order valence-corrected chi connectivity index (χ3v) is 9.74. The largest absolute Gasteiger partial charge is 0.385 e. The molecule has 1 saturated carbocycles. The Kier molecular flexibility index (Phi) is 6.34. The summed E-state index contributed by atoms with van der Waals surface area (Å²) < 4.78 is 0. The van der Waals surface area contributed by atoms with Gasteiger partial charge in [0, 0.05) is 43.3 Å². The van der Waals surface area contributed by atoms with Crippen molar-refractivity contribution in [3.8, 4) is 0 Å². The zero-order chi connectivity index (χ0) is 23.8. The van der Waals surface area contributed by atoms with Crippen LogP contribution in [0.25, 0.3) is 0 Å². The summed E-state index contributed by atoms with van der Waals surface area (Å²) >= 11 is 0. The first kappa shape index (κ1) is 23.1. The third kappa shape index (κ3) is 4.18. The summed E-state index contributed by atoms with van der Waals surface area (Å²) in [7, 11) is 0. The van der Waals surface area contributed by atoms with Gasteiger partial charge in [-0.3, -0.25) is 4.79 Å². The highest BCUT2D eigenvalue weighted by Crippen LogP contribution is 2.47. The van der Waals surface area contributed by atoms with E-state index >= 15 is 0 Å². The van der Waals surface area contributed by atoms with E-state index in [9.17, 15) is 4.79 Å². The minimum absolute atomic E-state index is 0.0328. The summed E-state index contributed by atoms with van der Waals surface area (Å²) in [5.41, 5.74) is 5.25. The first-order valence-corrected chi connectivity index (χ1v) is 14.1. The van der Waals surface area contributed by atoms with E-state index in [0.717, 1.165) is 45.4 Å². The first-order valence-electron chi connectivity index (χ1n) is 14.1. The molecule has 6 rings (SSSR count). The first-order chi connectivity index (χ1) is 17.2. The summed E-state index contributed by atoms with van der Waals surface area (Å²) in [6, 6.07) is 18.2. The van der Waals surface area contributed by atoms with Crippen LogP contribution in [0.2, 0.25) is 0 Å². The second-order valence-electron chi connectivity index (χ2n) is 11.7. The predicted octanol–water partition coefficient (Wildman–Crippen LogP) is 5.62. The number of nitrogens with zero attached hydrogens (tertiary/aromatic N) is 1. The second-order valence-corrected chi connectivity index (χ2v) is 11.7. The van der Waals surface area contributed by atoms with E-state index in [2.05, 4.69) is 71.0 Å². The molecule has 2 aromatic carbocycles. The Morgan fingerprint density at radius 1 is 1.03 bits per heavy atom. The topological polar surface area (TPSA) is 44.4 Å². The van der Waals surface area contributed by atoms with Crippen molar-refractivity contribution in [2.24, 2.45) is 11.8 Å². The summed E-state index contributed by atoms with van der Waals surface area (Å²) in [6.45, 7) is 5.73. The van der Waals surface area contributed by atoms with Crippen molar-refractivity contribution >= 4 is 11.6 Å². The maximum atomic E-state index is 14.5. The number of rotatable bonds is 3. The lowest BCUT2D eigenvalue weighted by molar-refractivity contribution is -0.142. The van der Waals surface area contributed by atoms with Crippen LogP contribution in [0.4, 0.5) is 5.69 Å². The smallest absolute Gasteiger partial charge is 0.228 e. The average Bonchev–Trinajstić information content (AvgIpc) is 3.32. The molecule has 35 heavy (non-hydrogen) atoms. The van der Waals surface area contributed by atoms with Crippen molar-refractivity contribution < 1.29 is 4.79 Å². The van der Waals surface area contributed by atoms with Crippen LogP contribution >= 0.6 is 0 Å². The predicted molar refractivity (Wildman–Crippen MR) is 143 cm³/mol. The van der Waals surface area contributed by atoms with Crippen molar-refractivity contribution in [1.82, 2.24) is 10.2 Å². The Hall–Kier alpha value is -2.33. The van der Waals surface area contributed by atoms with Gasteiger partial charge in [0.05, 0.1) is 5.92 Å². The maximum Gasteiger partial charge on any atom is 0.228 e. The van der Waals surface area contributed by atoms with Crippen LogP contribution in [0.15, 0.2) is 48.5 Å². The van der Waals surface area contributed by atoms with Crippen LogP contribution in [0.3, 0.4) is 0 Å². The fourth-order valence-electron chi connectivity index (χ4n) is 7.89. The molecule has 1 aliphatic carbocycles. The number of carbonyl (C=O) groups excluding carboxylic acids is 1. The van der Waals surface area contributed by atoms with Gasteiger partial charge in [0.25, 0.3) is 0 Å². The van der Waals surface area contributed by atoms with Gasteiger partial charge in [0.1, 0.15) is 0 Å². The zero-order valence-electron chi connectivity index (χ0n) is 21.3. The number of piperidine rings is 1. The number of hydrogen-bond acceptors (Lipinski definition) is 3. The van der Waals surface area contributed by atoms with Crippen molar-refractivity contribution in [2.45, 2.75) is 75.7 Å². The van der Waals surface area contributed by atoms with Gasteiger partial charge >= 0.3 is 0 Å². The molecule has 2 N–H and O–H groups in total. The molecule has 0 unspecified atom stereocenters. The van der Waals surface area contributed by atoms with Gasteiger partial charge in [-0.1, -0.05) is 61.7 Å². The molecule has 4 heteroatoms. The number of anilines is 1. The summed E-state index contributed by atoms with van der Waals surface area (Å²) in [5.74, 6) is 1.69. The lowest BCUT2D eigenvalue weighted by Gasteiger charge is -2.48. The molecule has 4 aliphatic rings. The molecule has 1 amide bonds. The zero-order valence-corrected chi connectivity index (χ0v) is 21.3. The van der Waals surface area contributed by atoms with Gasteiger partial charge in [0.15, 0.2) is 0 Å². The molecule has 4 nitrogen and oxygen atoms in total. The molecule has 0 aromatic heterocycles. The highest BCUT2D eigenvalue weighted by atomic mass is 16.2. The van der Waals surface area contributed by atoms with Gasteiger partial charge in [-0.2, -0.15) is 0 Å². The van der Waals surface area contributed by atoms with Crippen molar-refractivity contribution in [1.29, 1.82) is 0 Å². The van der Waals surface area contributed by atoms with Crippen molar-refractivity contribution in [3.63, 3.8) is 0 Å². The van der Waals surface area contributed by atoms with E-state index in [1.165, 1.54) is 54.5 Å². The van der Waals surface area contributed by atoms with Crippen LogP contribution in [0.5, 0.6) is 0 Å². The van der Waals surface area contributed by atoms with E-state index in [1.54, 1.807) is 0 Å². The van der Waals surface area contributed by atoms with Gasteiger partial charge in [0.2, 0.25) is 5.91 Å². The molecule has 2 aromatic rings. The molecule has 0 radical (unpaired) electrons. The molecule has 0 bridgehead atoms. The third-order valence-electron chi connectivity index (χ3n) is 9.74. The normalized spacial score (nSPS) is 31.2. The lowest BCUT2D eigenvalue weighted by atomic mass is 9.66. The van der Waals surface area contributed by atoms with E-state index in [0.29, 0.717) is 23.8 Å². The number of amides is 1. The SMILES string of the molecule is Cc1ccc2c(c1)NCC[C@]21CNC[C@H]1C(=O)N1CC[C@@H](c2ccccc2)C[C@H]1C1CCCCC1. The number of carbonyl (C=O) groups is 1. The van der Waals surface area contributed by atoms with E-state index in [-0.39, 0.29) is 11.3 Å². The Morgan fingerprint density at radius 2 is 1.86 bits per heavy atom. The average molecular weight is 472 g/mol. The highest BCUT2D eigenvalue weighted by Gasteiger charge is 2.52. The summed E-state index contributed by atoms with van der Waals surface area (Å²) in [5, 5.41) is 7.29. The van der Waals surface area contributed by atoms with Gasteiger partial charge in [-0.05, 0) is 73.6 Å². The van der Waals surface area contributed by atoms with Crippen LogP contribution in [-0.4, -0.2) is 43.0 Å².